The molecular weight excluding hydrogens is 176 g/mol. The van der Waals surface area contributed by atoms with Crippen LogP contribution in [0.4, 0.5) is 5.69 Å². The van der Waals surface area contributed by atoms with Crippen molar-refractivity contribution in [2.45, 2.75) is 0 Å². The van der Waals surface area contributed by atoms with Crippen molar-refractivity contribution in [3.63, 3.8) is 0 Å². The molecular formula is C11H14N2O. The molecule has 1 aromatic carbocycles. The lowest BCUT2D eigenvalue weighted by Crippen LogP contribution is -1.97. The van der Waals surface area contributed by atoms with Gasteiger partial charge in [-0.15, -0.1) is 0 Å². The van der Waals surface area contributed by atoms with Crippen LogP contribution in [-0.4, -0.2) is 11.7 Å². The zero-order valence-electron chi connectivity index (χ0n) is 7.90. The Hall–Kier alpha value is -1.74. The summed E-state index contributed by atoms with van der Waals surface area (Å²) in [6, 6.07) is 4.83. The first kappa shape index (κ1) is 10.3. The highest BCUT2D eigenvalue weighted by atomic mass is 16.3. The molecule has 0 unspecified atom stereocenters. The van der Waals surface area contributed by atoms with E-state index in [1.54, 1.807) is 18.2 Å². The van der Waals surface area contributed by atoms with Gasteiger partial charge >= 0.3 is 0 Å². The average Bonchev–Trinajstić information content (AvgIpc) is 2.15. The van der Waals surface area contributed by atoms with Gasteiger partial charge in [0, 0.05) is 23.9 Å². The van der Waals surface area contributed by atoms with Crippen molar-refractivity contribution >= 4 is 11.3 Å². The lowest BCUT2D eigenvalue weighted by atomic mass is 10.0. The highest BCUT2D eigenvalue weighted by molar-refractivity contribution is 5.81. The molecule has 0 saturated heterocycles. The average molecular weight is 190 g/mol. The van der Waals surface area contributed by atoms with Crippen molar-refractivity contribution in [2.24, 2.45) is 5.73 Å². The largest absolute Gasteiger partial charge is 0.508 e. The van der Waals surface area contributed by atoms with E-state index >= 15 is 0 Å². The van der Waals surface area contributed by atoms with Crippen molar-refractivity contribution in [3.05, 3.63) is 42.5 Å². The van der Waals surface area contributed by atoms with Crippen molar-refractivity contribution < 1.29 is 5.11 Å². The molecule has 74 valence electrons. The number of phenolic OH excluding ortho intramolecular Hbond substituents is 1. The second-order valence-electron chi connectivity index (χ2n) is 2.87. The normalized spacial score (nSPS) is 11.4. The fraction of sp³-hybridized carbons (Fsp3) is 0.0909. The summed E-state index contributed by atoms with van der Waals surface area (Å²) in [5, 5.41) is 9.17. The zero-order chi connectivity index (χ0) is 10.6. The summed E-state index contributed by atoms with van der Waals surface area (Å²) in [6.07, 6.45) is 3.52. The van der Waals surface area contributed by atoms with Crippen LogP contribution < -0.4 is 11.5 Å². The van der Waals surface area contributed by atoms with Crippen molar-refractivity contribution in [1.29, 1.82) is 0 Å². The van der Waals surface area contributed by atoms with Gasteiger partial charge in [-0.25, -0.2) is 0 Å². The van der Waals surface area contributed by atoms with Gasteiger partial charge in [0.25, 0.3) is 0 Å². The zero-order valence-corrected chi connectivity index (χ0v) is 7.90. The van der Waals surface area contributed by atoms with Gasteiger partial charge in [0.1, 0.15) is 5.75 Å². The SMILES string of the molecule is C=C/C(=C\CN)c1ccc(O)cc1N. The number of nitrogens with two attached hydrogens (primary N) is 2. The number of aromatic hydroxyl groups is 1. The summed E-state index contributed by atoms with van der Waals surface area (Å²) in [6.45, 7) is 4.11. The van der Waals surface area contributed by atoms with E-state index in [1.165, 1.54) is 6.07 Å². The number of anilines is 1. The first-order valence-corrected chi connectivity index (χ1v) is 4.30. The molecule has 0 atom stereocenters. The molecule has 0 heterocycles. The number of benzene rings is 1. The molecule has 0 aromatic heterocycles. The quantitative estimate of drug-likeness (QED) is 0.499. The maximum absolute atomic E-state index is 9.17. The molecule has 0 radical (unpaired) electrons. The molecule has 1 aromatic rings. The van der Waals surface area contributed by atoms with E-state index in [-0.39, 0.29) is 5.75 Å². The highest BCUT2D eigenvalue weighted by Gasteiger charge is 2.02. The number of nitrogen functional groups attached to an aromatic ring is 1. The Bertz CT molecular complexity index is 370. The van der Waals surface area contributed by atoms with E-state index in [0.717, 1.165) is 11.1 Å². The van der Waals surface area contributed by atoms with Gasteiger partial charge in [-0.2, -0.15) is 0 Å². The molecule has 0 spiro atoms. The van der Waals surface area contributed by atoms with E-state index in [4.69, 9.17) is 11.5 Å². The Morgan fingerprint density at radius 3 is 2.71 bits per heavy atom. The Balaban J connectivity index is 3.17. The molecule has 14 heavy (non-hydrogen) atoms. The van der Waals surface area contributed by atoms with E-state index in [9.17, 15) is 5.11 Å². The molecule has 0 aliphatic heterocycles. The van der Waals surface area contributed by atoms with E-state index in [1.807, 2.05) is 6.08 Å². The Morgan fingerprint density at radius 2 is 2.21 bits per heavy atom. The summed E-state index contributed by atoms with van der Waals surface area (Å²) >= 11 is 0. The van der Waals surface area contributed by atoms with E-state index < -0.39 is 0 Å². The lowest BCUT2D eigenvalue weighted by Gasteiger charge is -2.06. The van der Waals surface area contributed by atoms with E-state index in [2.05, 4.69) is 6.58 Å². The minimum absolute atomic E-state index is 0.155. The fourth-order valence-corrected chi connectivity index (χ4v) is 1.24. The minimum Gasteiger partial charge on any atom is -0.508 e. The van der Waals surface area contributed by atoms with Gasteiger partial charge in [0.2, 0.25) is 0 Å². The predicted octanol–water partition coefficient (Wildman–Crippen LogP) is 1.50. The van der Waals surface area contributed by atoms with Crippen molar-refractivity contribution in [2.75, 3.05) is 12.3 Å². The number of phenols is 1. The monoisotopic (exact) mass is 190 g/mol. The molecule has 3 nitrogen and oxygen atoms in total. The van der Waals surface area contributed by atoms with Crippen LogP contribution in [0.2, 0.25) is 0 Å². The van der Waals surface area contributed by atoms with Crippen molar-refractivity contribution in [3.8, 4) is 5.75 Å². The molecule has 3 heteroatoms. The maximum Gasteiger partial charge on any atom is 0.117 e. The van der Waals surface area contributed by atoms with Gasteiger partial charge < -0.3 is 16.6 Å². The molecule has 0 fully saturated rings. The molecule has 1 rings (SSSR count). The molecule has 0 aliphatic rings. The Morgan fingerprint density at radius 1 is 1.50 bits per heavy atom. The predicted molar refractivity (Wildman–Crippen MR) is 59.7 cm³/mol. The summed E-state index contributed by atoms with van der Waals surface area (Å²) in [4.78, 5) is 0. The number of rotatable bonds is 3. The first-order valence-electron chi connectivity index (χ1n) is 4.30. The van der Waals surface area contributed by atoms with Gasteiger partial charge in [-0.1, -0.05) is 18.7 Å². The third kappa shape index (κ3) is 2.14. The topological polar surface area (TPSA) is 72.3 Å². The molecule has 0 amide bonds. The third-order valence-electron chi connectivity index (χ3n) is 1.90. The highest BCUT2D eigenvalue weighted by Crippen LogP contribution is 2.25. The van der Waals surface area contributed by atoms with Gasteiger partial charge in [0.05, 0.1) is 0 Å². The second kappa shape index (κ2) is 4.48. The molecule has 0 saturated carbocycles. The standard InChI is InChI=1S/C11H14N2O/c1-2-8(5-6-12)10-4-3-9(14)7-11(10)13/h2-5,7,14H,1,6,12-13H2/b8-5+. The summed E-state index contributed by atoms with van der Waals surface area (Å²) < 4.78 is 0. The maximum atomic E-state index is 9.17. The summed E-state index contributed by atoms with van der Waals surface area (Å²) in [7, 11) is 0. The third-order valence-corrected chi connectivity index (χ3v) is 1.90. The smallest absolute Gasteiger partial charge is 0.117 e. The van der Waals surface area contributed by atoms with Crippen LogP contribution in [0.1, 0.15) is 5.56 Å². The van der Waals surface area contributed by atoms with Crippen LogP contribution in [0.25, 0.3) is 5.57 Å². The number of hydrogen-bond acceptors (Lipinski definition) is 3. The molecule has 5 N–H and O–H groups in total. The lowest BCUT2D eigenvalue weighted by molar-refractivity contribution is 0.475. The Kier molecular flexibility index (Phi) is 3.31. The summed E-state index contributed by atoms with van der Waals surface area (Å²) in [5.74, 6) is 0.155. The van der Waals surface area contributed by atoms with Crippen molar-refractivity contribution in [1.82, 2.24) is 0 Å². The van der Waals surface area contributed by atoms with Crippen LogP contribution in [0.15, 0.2) is 36.9 Å². The van der Waals surface area contributed by atoms with Gasteiger partial charge in [-0.05, 0) is 17.7 Å². The second-order valence-corrected chi connectivity index (χ2v) is 2.87. The first-order chi connectivity index (χ1) is 6.69. The van der Waals surface area contributed by atoms with Crippen LogP contribution in [0.3, 0.4) is 0 Å². The minimum atomic E-state index is 0.155. The van der Waals surface area contributed by atoms with Crippen LogP contribution in [0.5, 0.6) is 5.75 Å². The number of allylic oxidation sites excluding steroid dienone is 2. The molecule has 0 aliphatic carbocycles. The van der Waals surface area contributed by atoms with Gasteiger partial charge in [0.15, 0.2) is 0 Å². The van der Waals surface area contributed by atoms with Crippen LogP contribution in [-0.2, 0) is 0 Å². The van der Waals surface area contributed by atoms with Gasteiger partial charge in [-0.3, -0.25) is 0 Å². The fourth-order valence-electron chi connectivity index (χ4n) is 1.24. The molecule has 0 bridgehead atoms. The van der Waals surface area contributed by atoms with Crippen LogP contribution >= 0.6 is 0 Å². The summed E-state index contributed by atoms with van der Waals surface area (Å²) in [5.41, 5.74) is 13.4. The Labute approximate surface area is 83.4 Å². The number of hydrogen-bond donors (Lipinski definition) is 3. The van der Waals surface area contributed by atoms with E-state index in [0.29, 0.717) is 12.2 Å². The van der Waals surface area contributed by atoms with Crippen LogP contribution in [0, 0.1) is 0 Å².